The van der Waals surface area contributed by atoms with Crippen molar-refractivity contribution in [2.45, 2.75) is 6.92 Å². The highest BCUT2D eigenvalue weighted by Gasteiger charge is 2.14. The SMILES string of the molecule is Cc1cc(Br)cc2cc(C(=O)Nc3cn[nH]c3)oc12. The van der Waals surface area contributed by atoms with E-state index in [1.165, 1.54) is 6.20 Å². The van der Waals surface area contributed by atoms with Crippen LogP contribution in [0, 0.1) is 6.92 Å². The van der Waals surface area contributed by atoms with Gasteiger partial charge >= 0.3 is 0 Å². The van der Waals surface area contributed by atoms with E-state index in [0.717, 1.165) is 21.0 Å². The summed E-state index contributed by atoms with van der Waals surface area (Å²) >= 11 is 3.42. The Balaban J connectivity index is 1.97. The number of fused-ring (bicyclic) bond motifs is 1. The number of carbonyl (C=O) groups excluding carboxylic acids is 1. The fourth-order valence-corrected chi connectivity index (χ4v) is 2.50. The number of anilines is 1. The summed E-state index contributed by atoms with van der Waals surface area (Å²) in [5.41, 5.74) is 2.30. The monoisotopic (exact) mass is 319 g/mol. The lowest BCUT2D eigenvalue weighted by atomic mass is 10.2. The molecule has 3 rings (SSSR count). The molecule has 0 spiro atoms. The Morgan fingerprint density at radius 3 is 3.00 bits per heavy atom. The molecule has 0 aliphatic rings. The zero-order valence-electron chi connectivity index (χ0n) is 10.0. The lowest BCUT2D eigenvalue weighted by molar-refractivity contribution is 0.0998. The first-order valence-corrected chi connectivity index (χ1v) is 6.42. The Kier molecular flexibility index (Phi) is 2.87. The first kappa shape index (κ1) is 12.0. The number of amides is 1. The number of aryl methyl sites for hydroxylation is 1. The van der Waals surface area contributed by atoms with Crippen molar-refractivity contribution in [3.05, 3.63) is 46.4 Å². The van der Waals surface area contributed by atoms with Crippen molar-refractivity contribution in [1.29, 1.82) is 0 Å². The molecule has 2 N–H and O–H groups in total. The molecule has 0 unspecified atom stereocenters. The van der Waals surface area contributed by atoms with E-state index in [9.17, 15) is 4.79 Å². The summed E-state index contributed by atoms with van der Waals surface area (Å²) in [6, 6.07) is 5.59. The van der Waals surface area contributed by atoms with Crippen LogP contribution in [-0.4, -0.2) is 16.1 Å². The maximum Gasteiger partial charge on any atom is 0.291 e. The summed E-state index contributed by atoms with van der Waals surface area (Å²) in [5.74, 6) is -0.0227. The Morgan fingerprint density at radius 1 is 1.42 bits per heavy atom. The van der Waals surface area contributed by atoms with Gasteiger partial charge in [-0.05, 0) is 30.7 Å². The number of aromatic amines is 1. The first-order chi connectivity index (χ1) is 9.13. The largest absolute Gasteiger partial charge is 0.451 e. The van der Waals surface area contributed by atoms with E-state index in [4.69, 9.17) is 4.42 Å². The van der Waals surface area contributed by atoms with Gasteiger partial charge in [0.2, 0.25) is 0 Å². The highest BCUT2D eigenvalue weighted by molar-refractivity contribution is 9.10. The molecule has 0 saturated carbocycles. The second-order valence-corrected chi connectivity index (χ2v) is 5.11. The number of carbonyl (C=O) groups is 1. The van der Waals surface area contributed by atoms with Gasteiger partial charge in [-0.15, -0.1) is 0 Å². The summed E-state index contributed by atoms with van der Waals surface area (Å²) in [7, 11) is 0. The number of benzene rings is 1. The van der Waals surface area contributed by atoms with Crippen molar-refractivity contribution >= 4 is 38.5 Å². The minimum atomic E-state index is -0.298. The van der Waals surface area contributed by atoms with Crippen LogP contribution in [0.1, 0.15) is 16.1 Å². The molecule has 2 aromatic heterocycles. The van der Waals surface area contributed by atoms with Gasteiger partial charge in [0.05, 0.1) is 11.9 Å². The van der Waals surface area contributed by atoms with E-state index >= 15 is 0 Å². The summed E-state index contributed by atoms with van der Waals surface area (Å²) in [6.07, 6.45) is 3.13. The summed E-state index contributed by atoms with van der Waals surface area (Å²) in [4.78, 5) is 12.0. The van der Waals surface area contributed by atoms with Crippen LogP contribution in [0.15, 0.2) is 39.5 Å². The molecule has 96 valence electrons. The van der Waals surface area contributed by atoms with Crippen LogP contribution in [0.25, 0.3) is 11.0 Å². The van der Waals surface area contributed by atoms with Crippen LogP contribution in [-0.2, 0) is 0 Å². The molecular weight excluding hydrogens is 310 g/mol. The number of aromatic nitrogens is 2. The number of hydrogen-bond acceptors (Lipinski definition) is 3. The quantitative estimate of drug-likeness (QED) is 0.759. The van der Waals surface area contributed by atoms with Gasteiger partial charge in [-0.3, -0.25) is 9.89 Å². The van der Waals surface area contributed by atoms with E-state index in [0.29, 0.717) is 5.69 Å². The fourth-order valence-electron chi connectivity index (χ4n) is 1.91. The number of rotatable bonds is 2. The Hall–Kier alpha value is -2.08. The third-order valence-corrected chi connectivity index (χ3v) is 3.20. The molecule has 0 atom stereocenters. The molecule has 3 aromatic rings. The predicted octanol–water partition coefficient (Wildman–Crippen LogP) is 3.48. The van der Waals surface area contributed by atoms with Gasteiger partial charge in [0.1, 0.15) is 5.58 Å². The lowest BCUT2D eigenvalue weighted by Crippen LogP contribution is -2.09. The number of nitrogens with one attached hydrogen (secondary N) is 2. The molecule has 0 radical (unpaired) electrons. The van der Waals surface area contributed by atoms with Crippen LogP contribution < -0.4 is 5.32 Å². The highest BCUT2D eigenvalue weighted by atomic mass is 79.9. The van der Waals surface area contributed by atoms with Gasteiger partial charge in [0, 0.05) is 16.1 Å². The smallest absolute Gasteiger partial charge is 0.291 e. The molecule has 0 saturated heterocycles. The second-order valence-electron chi connectivity index (χ2n) is 4.19. The first-order valence-electron chi connectivity index (χ1n) is 5.63. The maximum atomic E-state index is 12.0. The normalized spacial score (nSPS) is 10.8. The van der Waals surface area contributed by atoms with E-state index in [1.54, 1.807) is 12.3 Å². The van der Waals surface area contributed by atoms with Crippen LogP contribution in [0.2, 0.25) is 0 Å². The summed E-state index contributed by atoms with van der Waals surface area (Å²) in [5, 5.41) is 9.98. The maximum absolute atomic E-state index is 12.0. The number of H-pyrrole nitrogens is 1. The van der Waals surface area contributed by atoms with Gasteiger partial charge in [-0.2, -0.15) is 5.10 Å². The minimum Gasteiger partial charge on any atom is -0.451 e. The number of furan rings is 1. The average molecular weight is 320 g/mol. The van der Waals surface area contributed by atoms with Gasteiger partial charge < -0.3 is 9.73 Å². The summed E-state index contributed by atoms with van der Waals surface area (Å²) in [6.45, 7) is 1.94. The number of nitrogens with zero attached hydrogens (tertiary/aromatic N) is 1. The molecule has 1 aromatic carbocycles. The van der Waals surface area contributed by atoms with Crippen molar-refractivity contribution in [1.82, 2.24) is 10.2 Å². The molecule has 1 amide bonds. The van der Waals surface area contributed by atoms with E-state index in [1.807, 2.05) is 19.1 Å². The van der Waals surface area contributed by atoms with Gasteiger partial charge in [0.15, 0.2) is 5.76 Å². The van der Waals surface area contributed by atoms with Crippen LogP contribution in [0.4, 0.5) is 5.69 Å². The molecule has 0 aliphatic carbocycles. The second kappa shape index (κ2) is 4.55. The molecule has 5 nitrogen and oxygen atoms in total. The Bertz CT molecular complexity index is 747. The zero-order valence-corrected chi connectivity index (χ0v) is 11.6. The van der Waals surface area contributed by atoms with Crippen molar-refractivity contribution in [3.63, 3.8) is 0 Å². The van der Waals surface area contributed by atoms with Gasteiger partial charge in [0.25, 0.3) is 5.91 Å². The molecule has 2 heterocycles. The zero-order chi connectivity index (χ0) is 13.4. The van der Waals surface area contributed by atoms with Gasteiger partial charge in [-0.25, -0.2) is 0 Å². The number of halogens is 1. The average Bonchev–Trinajstić information content (AvgIpc) is 2.97. The van der Waals surface area contributed by atoms with Crippen LogP contribution >= 0.6 is 15.9 Å². The third-order valence-electron chi connectivity index (χ3n) is 2.75. The molecule has 19 heavy (non-hydrogen) atoms. The van der Waals surface area contributed by atoms with E-state index in [-0.39, 0.29) is 11.7 Å². The number of hydrogen-bond donors (Lipinski definition) is 2. The van der Waals surface area contributed by atoms with Crippen molar-refractivity contribution in [2.24, 2.45) is 0 Å². The highest BCUT2D eigenvalue weighted by Crippen LogP contribution is 2.27. The topological polar surface area (TPSA) is 70.9 Å². The van der Waals surface area contributed by atoms with Crippen molar-refractivity contribution in [2.75, 3.05) is 5.32 Å². The molecule has 0 bridgehead atoms. The van der Waals surface area contributed by atoms with E-state index < -0.39 is 0 Å². The Labute approximate surface area is 117 Å². The fraction of sp³-hybridized carbons (Fsp3) is 0.0769. The molecular formula is C13H10BrN3O2. The van der Waals surface area contributed by atoms with Crippen molar-refractivity contribution in [3.8, 4) is 0 Å². The standard InChI is InChI=1S/C13H10BrN3O2/c1-7-2-9(14)3-8-4-11(19-12(7)8)13(18)17-10-5-15-16-6-10/h2-6H,1H3,(H,15,16)(H,17,18). The third kappa shape index (κ3) is 2.26. The Morgan fingerprint density at radius 2 is 2.26 bits per heavy atom. The summed E-state index contributed by atoms with van der Waals surface area (Å²) < 4.78 is 6.56. The predicted molar refractivity (Wildman–Crippen MR) is 75.2 cm³/mol. The molecule has 6 heteroatoms. The minimum absolute atomic E-state index is 0.275. The lowest BCUT2D eigenvalue weighted by Gasteiger charge is -1.97. The molecule has 0 aliphatic heterocycles. The van der Waals surface area contributed by atoms with Crippen molar-refractivity contribution < 1.29 is 9.21 Å². The van der Waals surface area contributed by atoms with Crippen LogP contribution in [0.5, 0.6) is 0 Å². The molecule has 0 fully saturated rings. The van der Waals surface area contributed by atoms with E-state index in [2.05, 4.69) is 31.4 Å². The van der Waals surface area contributed by atoms with Gasteiger partial charge in [-0.1, -0.05) is 15.9 Å². The van der Waals surface area contributed by atoms with Crippen LogP contribution in [0.3, 0.4) is 0 Å².